The highest BCUT2D eigenvalue weighted by atomic mass is 32.1. The van der Waals surface area contributed by atoms with Crippen molar-refractivity contribution < 1.29 is 9.53 Å². The summed E-state index contributed by atoms with van der Waals surface area (Å²) in [5, 5.41) is 3.04. The molecule has 2 rings (SSSR count). The van der Waals surface area contributed by atoms with Gasteiger partial charge in [0, 0.05) is 24.1 Å². The van der Waals surface area contributed by atoms with Crippen molar-refractivity contribution in [1.82, 2.24) is 15.3 Å². The molecule has 0 saturated heterocycles. The van der Waals surface area contributed by atoms with Crippen LogP contribution in [0.4, 0.5) is 4.79 Å². The predicted octanol–water partition coefficient (Wildman–Crippen LogP) is 3.09. The van der Waals surface area contributed by atoms with Crippen molar-refractivity contribution in [2.45, 2.75) is 26.3 Å². The molecule has 2 aromatic rings. The fraction of sp³-hybridized carbons (Fsp3) is 0.308. The number of amides is 1. The molecule has 0 saturated carbocycles. The van der Waals surface area contributed by atoms with Crippen molar-refractivity contribution in [1.29, 1.82) is 0 Å². The first-order chi connectivity index (χ1) is 8.94. The summed E-state index contributed by atoms with van der Waals surface area (Å²) in [6, 6.07) is 3.76. The van der Waals surface area contributed by atoms with Crippen molar-refractivity contribution in [3.63, 3.8) is 0 Å². The van der Waals surface area contributed by atoms with Crippen LogP contribution in [0.15, 0.2) is 30.7 Å². The molecule has 5 nitrogen and oxygen atoms in total. The van der Waals surface area contributed by atoms with Gasteiger partial charge in [0.05, 0.1) is 4.88 Å². The molecule has 1 N–H and O–H groups in total. The van der Waals surface area contributed by atoms with Crippen molar-refractivity contribution in [2.24, 2.45) is 0 Å². The third-order valence-electron chi connectivity index (χ3n) is 2.11. The van der Waals surface area contributed by atoms with Crippen LogP contribution in [0.2, 0.25) is 0 Å². The Morgan fingerprint density at radius 3 is 2.63 bits per heavy atom. The Hall–Kier alpha value is -1.95. The number of hydrogen-bond acceptors (Lipinski definition) is 5. The van der Waals surface area contributed by atoms with E-state index in [1.807, 2.05) is 32.9 Å². The molecule has 0 aliphatic carbocycles. The summed E-state index contributed by atoms with van der Waals surface area (Å²) in [7, 11) is 0. The maximum Gasteiger partial charge on any atom is 0.414 e. The number of nitrogens with one attached hydrogen (secondary N) is 1. The molecule has 2 heterocycles. The average molecular weight is 277 g/mol. The number of rotatable bonds is 2. The molecule has 1 amide bonds. The second kappa shape index (κ2) is 5.36. The largest absolute Gasteiger partial charge is 0.414 e. The molecule has 0 fully saturated rings. The quantitative estimate of drug-likeness (QED) is 0.916. The summed E-state index contributed by atoms with van der Waals surface area (Å²) in [6.45, 7) is 5.66. The maximum atomic E-state index is 11.6. The van der Waals surface area contributed by atoms with Gasteiger partial charge in [-0.1, -0.05) is 11.3 Å². The van der Waals surface area contributed by atoms with Crippen LogP contribution in [0.5, 0.6) is 5.19 Å². The van der Waals surface area contributed by atoms with Gasteiger partial charge in [-0.2, -0.15) is 0 Å². The Balaban J connectivity index is 2.04. The highest BCUT2D eigenvalue weighted by Crippen LogP contribution is 2.29. The van der Waals surface area contributed by atoms with Crippen LogP contribution in [0.1, 0.15) is 20.8 Å². The molecule has 0 bridgehead atoms. The molecule has 0 unspecified atom stereocenters. The first kappa shape index (κ1) is 13.5. The first-order valence-electron chi connectivity index (χ1n) is 5.80. The van der Waals surface area contributed by atoms with Crippen molar-refractivity contribution >= 4 is 17.4 Å². The lowest BCUT2D eigenvalue weighted by molar-refractivity contribution is 0.190. The van der Waals surface area contributed by atoms with E-state index in [-0.39, 0.29) is 5.54 Å². The Labute approximate surface area is 115 Å². The van der Waals surface area contributed by atoms with E-state index in [4.69, 9.17) is 4.74 Å². The normalized spacial score (nSPS) is 11.1. The van der Waals surface area contributed by atoms with Gasteiger partial charge < -0.3 is 10.1 Å². The Bertz CT molecular complexity index is 561. The molecule has 2 aromatic heterocycles. The van der Waals surface area contributed by atoms with E-state index >= 15 is 0 Å². The summed E-state index contributed by atoms with van der Waals surface area (Å²) in [4.78, 5) is 20.6. The molecule has 19 heavy (non-hydrogen) atoms. The monoisotopic (exact) mass is 277 g/mol. The predicted molar refractivity (Wildman–Crippen MR) is 74.3 cm³/mol. The molecule has 0 radical (unpaired) electrons. The second-order valence-electron chi connectivity index (χ2n) is 4.99. The van der Waals surface area contributed by atoms with E-state index in [0.29, 0.717) is 5.19 Å². The number of carbonyl (C=O) groups excluding carboxylic acids is 1. The van der Waals surface area contributed by atoms with Crippen LogP contribution in [-0.4, -0.2) is 21.6 Å². The Morgan fingerprint density at radius 1 is 1.32 bits per heavy atom. The van der Waals surface area contributed by atoms with Crippen LogP contribution in [-0.2, 0) is 0 Å². The molecule has 0 aromatic carbocycles. The zero-order valence-electron chi connectivity index (χ0n) is 11.0. The number of ether oxygens (including phenoxy) is 1. The number of aromatic nitrogens is 2. The molecule has 100 valence electrons. The fourth-order valence-electron chi connectivity index (χ4n) is 1.37. The van der Waals surface area contributed by atoms with Crippen molar-refractivity contribution in [3.05, 3.63) is 30.7 Å². The third-order valence-corrected chi connectivity index (χ3v) is 3.03. The number of hydrogen-bond donors (Lipinski definition) is 1. The third kappa shape index (κ3) is 4.03. The summed E-state index contributed by atoms with van der Waals surface area (Å²) in [5.74, 6) is 0. The van der Waals surface area contributed by atoms with E-state index in [0.717, 1.165) is 10.4 Å². The molecular formula is C13H15N3O2S. The van der Waals surface area contributed by atoms with E-state index in [2.05, 4.69) is 15.3 Å². The number of pyridine rings is 1. The van der Waals surface area contributed by atoms with Gasteiger partial charge in [0.2, 0.25) is 0 Å². The number of thiazole rings is 1. The lowest BCUT2D eigenvalue weighted by Crippen LogP contribution is -2.42. The highest BCUT2D eigenvalue weighted by molar-refractivity contribution is 7.16. The van der Waals surface area contributed by atoms with E-state index in [1.165, 1.54) is 11.3 Å². The van der Waals surface area contributed by atoms with Crippen LogP contribution >= 0.6 is 11.3 Å². The van der Waals surface area contributed by atoms with E-state index < -0.39 is 6.09 Å². The molecule has 0 aliphatic heterocycles. The van der Waals surface area contributed by atoms with Gasteiger partial charge in [-0.05, 0) is 38.5 Å². The Kier molecular flexibility index (Phi) is 3.80. The Morgan fingerprint density at radius 2 is 2.00 bits per heavy atom. The molecule has 0 spiro atoms. The standard InChI is InChI=1S/C13H15N3O2S/c1-13(2,3)16-11(17)18-12-15-8-10(19-12)9-4-6-14-7-5-9/h4-8H,1-3H3,(H,16,17). The van der Waals surface area contributed by atoms with E-state index in [1.54, 1.807) is 18.6 Å². The summed E-state index contributed by atoms with van der Waals surface area (Å²) < 4.78 is 5.13. The lowest BCUT2D eigenvalue weighted by atomic mass is 10.1. The van der Waals surface area contributed by atoms with Crippen molar-refractivity contribution in [2.75, 3.05) is 0 Å². The van der Waals surface area contributed by atoms with Gasteiger partial charge in [0.15, 0.2) is 0 Å². The molecular weight excluding hydrogens is 262 g/mol. The summed E-state index contributed by atoms with van der Waals surface area (Å²) in [6.07, 6.45) is 4.60. The SMILES string of the molecule is CC(C)(C)NC(=O)Oc1ncc(-c2ccncc2)s1. The second-order valence-corrected chi connectivity index (χ2v) is 5.98. The first-order valence-corrected chi connectivity index (χ1v) is 6.62. The average Bonchev–Trinajstić information content (AvgIpc) is 2.76. The molecule has 0 atom stereocenters. The van der Waals surface area contributed by atoms with Gasteiger partial charge in [0.25, 0.3) is 5.19 Å². The van der Waals surface area contributed by atoms with Gasteiger partial charge in [-0.15, -0.1) is 0 Å². The van der Waals surface area contributed by atoms with Crippen LogP contribution < -0.4 is 10.1 Å². The minimum atomic E-state index is -0.497. The fourth-order valence-corrected chi connectivity index (χ4v) is 2.14. The van der Waals surface area contributed by atoms with Gasteiger partial charge in [-0.25, -0.2) is 9.78 Å². The highest BCUT2D eigenvalue weighted by Gasteiger charge is 2.16. The smallest absolute Gasteiger partial charge is 0.381 e. The molecule has 0 aliphatic rings. The minimum Gasteiger partial charge on any atom is -0.381 e. The van der Waals surface area contributed by atoms with Crippen LogP contribution in [0, 0.1) is 0 Å². The van der Waals surface area contributed by atoms with E-state index in [9.17, 15) is 4.79 Å². The zero-order valence-corrected chi connectivity index (χ0v) is 11.8. The van der Waals surface area contributed by atoms with Gasteiger partial charge >= 0.3 is 6.09 Å². The van der Waals surface area contributed by atoms with Gasteiger partial charge in [-0.3, -0.25) is 4.98 Å². The zero-order chi connectivity index (χ0) is 13.9. The summed E-state index contributed by atoms with van der Waals surface area (Å²) >= 11 is 1.32. The number of nitrogens with zero attached hydrogens (tertiary/aromatic N) is 2. The minimum absolute atomic E-state index is 0.327. The lowest BCUT2D eigenvalue weighted by Gasteiger charge is -2.18. The maximum absolute atomic E-state index is 11.6. The van der Waals surface area contributed by atoms with Crippen LogP contribution in [0.3, 0.4) is 0 Å². The van der Waals surface area contributed by atoms with Crippen molar-refractivity contribution in [3.8, 4) is 15.6 Å². The van der Waals surface area contributed by atoms with Gasteiger partial charge in [0.1, 0.15) is 0 Å². The topological polar surface area (TPSA) is 64.1 Å². The number of carbonyl (C=O) groups is 1. The van der Waals surface area contributed by atoms with Crippen LogP contribution in [0.25, 0.3) is 10.4 Å². The summed E-state index contributed by atoms with van der Waals surface area (Å²) in [5.41, 5.74) is 0.668. The molecule has 6 heteroatoms.